The fraction of sp³-hybridized carbons (Fsp3) is 0.800. The van der Waals surface area contributed by atoms with E-state index in [1.807, 2.05) is 13.1 Å². The van der Waals surface area contributed by atoms with Crippen LogP contribution in [0.15, 0.2) is 12.0 Å². The van der Waals surface area contributed by atoms with Gasteiger partial charge in [-0.3, -0.25) is 0 Å². The topological polar surface area (TPSA) is 38.7 Å². The molecule has 0 aromatic rings. The van der Waals surface area contributed by atoms with Gasteiger partial charge in [-0.25, -0.2) is 0 Å². The third kappa shape index (κ3) is 8.28. The minimum atomic E-state index is -1.97. The van der Waals surface area contributed by atoms with Crippen LogP contribution in [0.4, 0.5) is 0 Å². The molecule has 0 rings (SSSR count). The first-order valence-corrected chi connectivity index (χ1v) is 14.1. The van der Waals surface area contributed by atoms with Crippen LogP contribution in [0, 0.1) is 0 Å². The molecule has 1 unspecified atom stereocenters. The van der Waals surface area contributed by atoms with Crippen molar-refractivity contribution in [2.24, 2.45) is 0 Å². The molecule has 16 heavy (non-hydrogen) atoms. The summed E-state index contributed by atoms with van der Waals surface area (Å²) in [6.07, 6.45) is 0. The van der Waals surface area contributed by atoms with Crippen molar-refractivity contribution in [1.82, 2.24) is 0 Å². The largest absolute Gasteiger partial charge is 0.549 e. The Morgan fingerprint density at radius 1 is 1.25 bits per heavy atom. The third-order valence-corrected chi connectivity index (χ3v) is 7.52. The van der Waals surface area contributed by atoms with E-state index in [1.54, 1.807) is 7.11 Å². The Hall–Kier alpha value is 0.111. The first-order valence-electron chi connectivity index (χ1n) is 5.68. The van der Waals surface area contributed by atoms with E-state index in [9.17, 15) is 4.80 Å². The van der Waals surface area contributed by atoms with E-state index in [1.165, 1.54) is 0 Å². The van der Waals surface area contributed by atoms with Gasteiger partial charge in [0.1, 0.15) is 0 Å². The van der Waals surface area contributed by atoms with Crippen LogP contribution in [-0.2, 0) is 8.85 Å². The summed E-state index contributed by atoms with van der Waals surface area (Å²) in [7, 11) is -3.33. The van der Waals surface area contributed by atoms with Crippen molar-refractivity contribution in [2.75, 3.05) is 7.11 Å². The second-order valence-corrected chi connectivity index (χ2v) is 17.0. The number of rotatable bonds is 7. The van der Waals surface area contributed by atoms with E-state index in [0.717, 1.165) is 17.5 Å². The van der Waals surface area contributed by atoms with Gasteiger partial charge >= 0.3 is 0 Å². The Morgan fingerprint density at radius 3 is 2.06 bits per heavy atom. The maximum absolute atomic E-state index is 9.82. The van der Waals surface area contributed by atoms with E-state index in [0.29, 0.717) is 0 Å². The van der Waals surface area contributed by atoms with Crippen LogP contribution in [0.2, 0.25) is 44.8 Å². The molecule has 0 aromatic heterocycles. The summed E-state index contributed by atoms with van der Waals surface area (Å²) in [5.74, 6) is 0. The fourth-order valence-corrected chi connectivity index (χ4v) is 8.42. The molecule has 0 fully saturated rings. The molecule has 1 atom stereocenters. The summed E-state index contributed by atoms with van der Waals surface area (Å²) in [6.45, 7) is 14.3. The van der Waals surface area contributed by atoms with Crippen LogP contribution in [0.5, 0.6) is 0 Å². The molecule has 0 aromatic carbocycles. The molecule has 0 radical (unpaired) electrons. The molecule has 0 amide bonds. The zero-order valence-corrected chi connectivity index (χ0v) is 14.6. The second kappa shape index (κ2) is 6.15. The lowest BCUT2D eigenvalue weighted by atomic mass is 10.9. The summed E-state index contributed by atoms with van der Waals surface area (Å²) in [5, 5.41) is 0.847. The fourth-order valence-electron chi connectivity index (χ4n) is 1.35. The van der Waals surface area contributed by atoms with E-state index in [-0.39, 0.29) is 0 Å². The molecule has 1 N–H and O–H groups in total. The molecule has 0 spiro atoms. The van der Waals surface area contributed by atoms with Crippen molar-refractivity contribution >= 4 is 25.7 Å². The smallest absolute Gasteiger partial charge is 0.244 e. The van der Waals surface area contributed by atoms with Crippen molar-refractivity contribution in [3.8, 4) is 0 Å². The van der Waals surface area contributed by atoms with Crippen molar-refractivity contribution in [1.29, 1.82) is 0 Å². The zero-order valence-electron chi connectivity index (χ0n) is 11.5. The highest BCUT2D eigenvalue weighted by molar-refractivity contribution is 6.74. The van der Waals surface area contributed by atoms with Gasteiger partial charge in [-0.1, -0.05) is 6.58 Å². The van der Waals surface area contributed by atoms with E-state index >= 15 is 0 Å². The Bertz CT molecular complexity index is 230. The SMILES string of the molecule is C=C(O[Si](C)(C)C)[SiH](CC[Si](C)(C)O)OC. The molecule has 0 aliphatic heterocycles. The van der Waals surface area contributed by atoms with Crippen molar-refractivity contribution in [2.45, 2.75) is 44.8 Å². The molecular formula is C10H26O3Si3. The highest BCUT2D eigenvalue weighted by atomic mass is 28.4. The van der Waals surface area contributed by atoms with Gasteiger partial charge in [0.15, 0.2) is 8.32 Å². The molecule has 6 heteroatoms. The van der Waals surface area contributed by atoms with Gasteiger partial charge in [0.05, 0.1) is 5.38 Å². The quantitative estimate of drug-likeness (QED) is 0.574. The Balaban J connectivity index is 4.23. The minimum absolute atomic E-state index is 0.847. The lowest BCUT2D eigenvalue weighted by Crippen LogP contribution is -2.33. The van der Waals surface area contributed by atoms with E-state index in [4.69, 9.17) is 8.85 Å². The molecule has 3 nitrogen and oxygen atoms in total. The summed E-state index contributed by atoms with van der Waals surface area (Å²) in [6, 6.07) is 1.79. The van der Waals surface area contributed by atoms with E-state index < -0.39 is 25.7 Å². The Labute approximate surface area is 103 Å². The Morgan fingerprint density at radius 2 is 1.75 bits per heavy atom. The first kappa shape index (κ1) is 16.1. The lowest BCUT2D eigenvalue weighted by molar-refractivity contribution is 0.382. The van der Waals surface area contributed by atoms with Crippen LogP contribution < -0.4 is 0 Å². The predicted molar refractivity (Wildman–Crippen MR) is 77.0 cm³/mol. The van der Waals surface area contributed by atoms with Gasteiger partial charge in [-0.15, -0.1) is 0 Å². The Kier molecular flexibility index (Phi) is 6.20. The zero-order chi connectivity index (χ0) is 13.0. The van der Waals surface area contributed by atoms with Crippen LogP contribution in [0.25, 0.3) is 0 Å². The maximum atomic E-state index is 9.82. The van der Waals surface area contributed by atoms with Gasteiger partial charge in [0.25, 0.3) is 0 Å². The van der Waals surface area contributed by atoms with Gasteiger partial charge < -0.3 is 13.6 Å². The van der Waals surface area contributed by atoms with E-state index in [2.05, 4.69) is 26.2 Å². The second-order valence-electron chi connectivity index (χ2n) is 5.76. The van der Waals surface area contributed by atoms with Crippen molar-refractivity contribution in [3.05, 3.63) is 12.0 Å². The molecule has 96 valence electrons. The third-order valence-electron chi connectivity index (χ3n) is 2.10. The lowest BCUT2D eigenvalue weighted by Gasteiger charge is -2.26. The van der Waals surface area contributed by atoms with Gasteiger partial charge in [0.2, 0.25) is 17.4 Å². The summed E-state index contributed by atoms with van der Waals surface area (Å²) in [5.41, 5.74) is 0. The molecule has 0 aliphatic carbocycles. The highest BCUT2D eigenvalue weighted by Crippen LogP contribution is 2.18. The molecule has 0 saturated carbocycles. The molecule has 0 heterocycles. The average Bonchev–Trinajstić information content (AvgIpc) is 1.99. The summed E-state index contributed by atoms with van der Waals surface area (Å²) >= 11 is 0. The summed E-state index contributed by atoms with van der Waals surface area (Å²) in [4.78, 5) is 9.82. The minimum Gasteiger partial charge on any atom is -0.549 e. The van der Waals surface area contributed by atoms with Gasteiger partial charge in [-0.05, 0) is 44.8 Å². The normalized spacial score (nSPS) is 14.7. The average molecular weight is 279 g/mol. The molecule has 0 bridgehead atoms. The monoisotopic (exact) mass is 278 g/mol. The van der Waals surface area contributed by atoms with Crippen molar-refractivity contribution < 1.29 is 13.6 Å². The number of hydrogen-bond donors (Lipinski definition) is 1. The standard InChI is InChI=1S/C10H26O3Si3/c1-10(13-15(3,4)5)14(12-2)8-9-16(6,7)11/h11,14H,1,8-9H2,2-7H3. The number of hydrogen-bond acceptors (Lipinski definition) is 3. The van der Waals surface area contributed by atoms with Gasteiger partial charge in [-0.2, -0.15) is 0 Å². The first-order chi connectivity index (χ1) is 7.05. The highest BCUT2D eigenvalue weighted by Gasteiger charge is 2.26. The van der Waals surface area contributed by atoms with Gasteiger partial charge in [0, 0.05) is 7.11 Å². The van der Waals surface area contributed by atoms with Crippen molar-refractivity contribution in [3.63, 3.8) is 0 Å². The van der Waals surface area contributed by atoms with Crippen LogP contribution in [0.1, 0.15) is 0 Å². The van der Waals surface area contributed by atoms with Crippen LogP contribution in [0.3, 0.4) is 0 Å². The van der Waals surface area contributed by atoms with Crippen LogP contribution in [-0.4, -0.2) is 37.6 Å². The molecule has 0 aliphatic rings. The summed E-state index contributed by atoms with van der Waals surface area (Å²) < 4.78 is 11.4. The predicted octanol–water partition coefficient (Wildman–Crippen LogP) is 2.46. The molecular weight excluding hydrogens is 252 g/mol. The molecule has 0 saturated heterocycles. The maximum Gasteiger partial charge on any atom is 0.244 e. The van der Waals surface area contributed by atoms with Crippen LogP contribution >= 0.6 is 0 Å².